The predicted molar refractivity (Wildman–Crippen MR) is 109 cm³/mol. The topological polar surface area (TPSA) is 52.8 Å². The van der Waals surface area contributed by atoms with Gasteiger partial charge in [-0.25, -0.2) is 0 Å². The van der Waals surface area contributed by atoms with Crippen molar-refractivity contribution in [1.29, 1.82) is 0 Å². The number of carbonyl (C=O) groups excluding carboxylic acids is 1. The number of ether oxygens (including phenoxy) is 2. The molecule has 1 heterocycles. The van der Waals surface area contributed by atoms with Crippen LogP contribution in [-0.2, 0) is 6.54 Å². The molecule has 0 N–H and O–H groups in total. The standard InChI is InChI=1S/C22H21ClN2O3/c1-15-7-9-16(10-8-15)14-25-11-5-4-6-20(25)24-22(26)17-12-18(23)21(28-3)19(13-17)27-2/h4-13H,14H2,1-3H3. The van der Waals surface area contributed by atoms with Gasteiger partial charge < -0.3 is 14.0 Å². The van der Waals surface area contributed by atoms with Crippen molar-refractivity contribution in [3.8, 4) is 11.5 Å². The summed E-state index contributed by atoms with van der Waals surface area (Å²) in [6.45, 7) is 2.66. The second-order valence-corrected chi connectivity index (χ2v) is 6.69. The molecule has 0 radical (unpaired) electrons. The zero-order valence-electron chi connectivity index (χ0n) is 16.0. The number of aryl methyl sites for hydroxylation is 1. The van der Waals surface area contributed by atoms with Crippen molar-refractivity contribution >= 4 is 17.5 Å². The van der Waals surface area contributed by atoms with Gasteiger partial charge in [0.15, 0.2) is 11.5 Å². The third-order valence-corrected chi connectivity index (χ3v) is 4.57. The Hall–Kier alpha value is -3.05. The van der Waals surface area contributed by atoms with Crippen LogP contribution >= 0.6 is 11.6 Å². The Bertz CT molecular complexity index is 1060. The van der Waals surface area contributed by atoms with Gasteiger partial charge >= 0.3 is 0 Å². The van der Waals surface area contributed by atoms with Crippen molar-refractivity contribution in [2.45, 2.75) is 13.5 Å². The smallest absolute Gasteiger partial charge is 0.279 e. The molecule has 0 aliphatic heterocycles. The number of rotatable bonds is 5. The van der Waals surface area contributed by atoms with Gasteiger partial charge in [-0.05, 0) is 36.8 Å². The highest BCUT2D eigenvalue weighted by atomic mass is 35.5. The molecular weight excluding hydrogens is 376 g/mol. The summed E-state index contributed by atoms with van der Waals surface area (Å²) < 4.78 is 12.4. The first-order valence-electron chi connectivity index (χ1n) is 8.73. The summed E-state index contributed by atoms with van der Waals surface area (Å²) in [5.41, 5.74) is 3.21. The van der Waals surface area contributed by atoms with Crippen LogP contribution in [0, 0.1) is 6.92 Å². The zero-order valence-corrected chi connectivity index (χ0v) is 16.7. The van der Waals surface area contributed by atoms with Crippen LogP contribution in [0.1, 0.15) is 21.5 Å². The molecule has 1 amide bonds. The third-order valence-electron chi connectivity index (χ3n) is 4.29. The highest BCUT2D eigenvalue weighted by Gasteiger charge is 2.15. The Morgan fingerprint density at radius 1 is 1.07 bits per heavy atom. The number of hydrogen-bond acceptors (Lipinski definition) is 3. The highest BCUT2D eigenvalue weighted by molar-refractivity contribution is 6.32. The van der Waals surface area contributed by atoms with E-state index in [2.05, 4.69) is 29.3 Å². The monoisotopic (exact) mass is 396 g/mol. The minimum atomic E-state index is -0.410. The molecule has 0 unspecified atom stereocenters. The first-order valence-corrected chi connectivity index (χ1v) is 9.11. The Labute approximate surface area is 168 Å². The lowest BCUT2D eigenvalue weighted by Crippen LogP contribution is -2.22. The number of carbonyl (C=O) groups is 1. The van der Waals surface area contributed by atoms with Crippen LogP contribution in [0.25, 0.3) is 0 Å². The summed E-state index contributed by atoms with van der Waals surface area (Å²) >= 11 is 6.21. The van der Waals surface area contributed by atoms with Gasteiger partial charge in [-0.3, -0.25) is 4.79 Å². The summed E-state index contributed by atoms with van der Waals surface area (Å²) in [5.74, 6) is 0.357. The Morgan fingerprint density at radius 3 is 2.50 bits per heavy atom. The van der Waals surface area contributed by atoms with E-state index in [9.17, 15) is 4.79 Å². The van der Waals surface area contributed by atoms with Crippen LogP contribution < -0.4 is 15.0 Å². The molecule has 0 bridgehead atoms. The van der Waals surface area contributed by atoms with Gasteiger partial charge in [0.2, 0.25) is 0 Å². The normalized spacial score (nSPS) is 11.4. The summed E-state index contributed by atoms with van der Waals surface area (Å²) in [7, 11) is 2.99. The molecule has 5 nitrogen and oxygen atoms in total. The van der Waals surface area contributed by atoms with E-state index in [0.29, 0.717) is 34.1 Å². The minimum absolute atomic E-state index is 0.293. The van der Waals surface area contributed by atoms with Crippen LogP contribution in [0.4, 0.5) is 0 Å². The molecule has 3 rings (SSSR count). The quantitative estimate of drug-likeness (QED) is 0.647. The number of halogens is 1. The van der Waals surface area contributed by atoms with E-state index in [0.717, 1.165) is 5.56 Å². The molecule has 0 fully saturated rings. The predicted octanol–water partition coefficient (Wildman–Crippen LogP) is 4.26. The number of nitrogens with zero attached hydrogens (tertiary/aromatic N) is 2. The molecule has 0 saturated carbocycles. The number of aromatic nitrogens is 1. The molecule has 6 heteroatoms. The van der Waals surface area contributed by atoms with Gasteiger partial charge in [-0.2, -0.15) is 4.99 Å². The molecular formula is C22H21ClN2O3. The molecule has 144 valence electrons. The fourth-order valence-electron chi connectivity index (χ4n) is 2.80. The van der Waals surface area contributed by atoms with Crippen molar-refractivity contribution in [2.75, 3.05) is 14.2 Å². The number of methoxy groups -OCH3 is 2. The van der Waals surface area contributed by atoms with E-state index in [1.54, 1.807) is 12.1 Å². The fraction of sp³-hybridized carbons (Fsp3) is 0.182. The average Bonchev–Trinajstić information content (AvgIpc) is 2.70. The zero-order chi connectivity index (χ0) is 20.1. The lowest BCUT2D eigenvalue weighted by molar-refractivity contribution is 0.0996. The first-order chi connectivity index (χ1) is 13.5. The van der Waals surface area contributed by atoms with E-state index in [4.69, 9.17) is 21.1 Å². The van der Waals surface area contributed by atoms with Crippen molar-refractivity contribution in [3.63, 3.8) is 0 Å². The summed E-state index contributed by atoms with van der Waals surface area (Å²) in [6.07, 6.45) is 1.90. The average molecular weight is 397 g/mol. The highest BCUT2D eigenvalue weighted by Crippen LogP contribution is 2.36. The molecule has 28 heavy (non-hydrogen) atoms. The Kier molecular flexibility index (Phi) is 6.16. The molecule has 1 aromatic heterocycles. The summed E-state index contributed by atoms with van der Waals surface area (Å²) in [6, 6.07) is 16.9. The summed E-state index contributed by atoms with van der Waals surface area (Å²) in [5, 5.41) is 0.293. The van der Waals surface area contributed by atoms with Gasteiger partial charge in [0, 0.05) is 18.3 Å². The van der Waals surface area contributed by atoms with Crippen molar-refractivity contribution < 1.29 is 14.3 Å². The van der Waals surface area contributed by atoms with Crippen LogP contribution in [0.3, 0.4) is 0 Å². The maximum atomic E-state index is 12.7. The van der Waals surface area contributed by atoms with Crippen molar-refractivity contribution in [3.05, 3.63) is 88.0 Å². The maximum absolute atomic E-state index is 12.7. The van der Waals surface area contributed by atoms with Gasteiger partial charge in [0.1, 0.15) is 5.49 Å². The van der Waals surface area contributed by atoms with E-state index in [1.807, 2.05) is 29.8 Å². The van der Waals surface area contributed by atoms with E-state index < -0.39 is 5.91 Å². The largest absolute Gasteiger partial charge is 0.493 e. The first kappa shape index (κ1) is 19.7. The van der Waals surface area contributed by atoms with Crippen molar-refractivity contribution in [1.82, 2.24) is 4.57 Å². The van der Waals surface area contributed by atoms with Gasteiger partial charge in [0.05, 0.1) is 19.2 Å². The maximum Gasteiger partial charge on any atom is 0.279 e. The second-order valence-electron chi connectivity index (χ2n) is 6.28. The molecule has 0 atom stereocenters. The van der Waals surface area contributed by atoms with E-state index in [-0.39, 0.29) is 0 Å². The summed E-state index contributed by atoms with van der Waals surface area (Å²) in [4.78, 5) is 17.0. The molecule has 0 aliphatic rings. The lowest BCUT2D eigenvalue weighted by atomic mass is 10.1. The molecule has 0 aliphatic carbocycles. The van der Waals surface area contributed by atoms with Gasteiger partial charge in [0.25, 0.3) is 5.91 Å². The van der Waals surface area contributed by atoms with Crippen LogP contribution in [-0.4, -0.2) is 24.7 Å². The third kappa shape index (κ3) is 4.43. The van der Waals surface area contributed by atoms with Crippen LogP contribution in [0.5, 0.6) is 11.5 Å². The molecule has 2 aromatic carbocycles. The Balaban J connectivity index is 1.97. The van der Waals surface area contributed by atoms with Gasteiger partial charge in [-0.15, -0.1) is 0 Å². The lowest BCUT2D eigenvalue weighted by Gasteiger charge is -2.11. The molecule has 3 aromatic rings. The second kappa shape index (κ2) is 8.76. The van der Waals surface area contributed by atoms with Crippen LogP contribution in [0.2, 0.25) is 5.02 Å². The molecule has 0 saturated heterocycles. The van der Waals surface area contributed by atoms with Crippen molar-refractivity contribution in [2.24, 2.45) is 4.99 Å². The minimum Gasteiger partial charge on any atom is -0.493 e. The SMILES string of the molecule is COc1cc(C(=O)N=c2ccccn2Cc2ccc(C)cc2)cc(Cl)c1OC. The van der Waals surface area contributed by atoms with E-state index >= 15 is 0 Å². The van der Waals surface area contributed by atoms with Crippen LogP contribution in [0.15, 0.2) is 65.8 Å². The van der Waals surface area contributed by atoms with E-state index in [1.165, 1.54) is 25.8 Å². The number of benzene rings is 2. The Morgan fingerprint density at radius 2 is 1.82 bits per heavy atom. The van der Waals surface area contributed by atoms with Gasteiger partial charge in [-0.1, -0.05) is 47.5 Å². The fourth-order valence-corrected chi connectivity index (χ4v) is 3.09. The number of hydrogen-bond donors (Lipinski definition) is 0. The number of amides is 1. The molecule has 0 spiro atoms. The number of pyridine rings is 1.